The van der Waals surface area contributed by atoms with Gasteiger partial charge in [-0.3, -0.25) is 9.52 Å². The summed E-state index contributed by atoms with van der Waals surface area (Å²) < 4.78 is 34.7. The molecule has 186 valence electrons. The molecule has 3 atom stereocenters. The first-order chi connectivity index (χ1) is 16.0. The van der Waals surface area contributed by atoms with Crippen LogP contribution in [0.25, 0.3) is 0 Å². The van der Waals surface area contributed by atoms with E-state index < -0.39 is 10.0 Å². The Labute approximate surface area is 202 Å². The number of carbonyl (C=O) groups excluding carboxylic acids is 1. The summed E-state index contributed by atoms with van der Waals surface area (Å²) in [6.07, 6.45) is -0.149. The largest absolute Gasteiger partial charge is 0.488 e. The number of likely N-dealkylation sites (N-methyl/N-ethyl adjacent to an activating group) is 1. The summed E-state index contributed by atoms with van der Waals surface area (Å²) >= 11 is 0. The third-order valence-corrected chi connectivity index (χ3v) is 7.44. The number of hydrogen-bond acceptors (Lipinski definition) is 6. The maximum Gasteiger partial charge on any atom is 0.261 e. The lowest BCUT2D eigenvalue weighted by molar-refractivity contribution is -0.134. The SMILES string of the molecule is Cc1ccc(S(=O)(=O)Nc2ccc3c(c2)CC(=O)N([C@@H](C)CO)C[C@@H](C)[C@@H](CN(C)C)O3)cc1. The van der Waals surface area contributed by atoms with Gasteiger partial charge in [0.2, 0.25) is 5.91 Å². The molecule has 0 fully saturated rings. The lowest BCUT2D eigenvalue weighted by atomic mass is 10.0. The molecule has 0 aromatic heterocycles. The molecule has 0 saturated carbocycles. The smallest absolute Gasteiger partial charge is 0.261 e. The second-order valence-electron chi connectivity index (χ2n) is 9.39. The minimum absolute atomic E-state index is 0.0195. The van der Waals surface area contributed by atoms with Gasteiger partial charge in [0, 0.05) is 30.3 Å². The fourth-order valence-corrected chi connectivity index (χ4v) is 5.05. The van der Waals surface area contributed by atoms with Crippen molar-refractivity contribution in [3.63, 3.8) is 0 Å². The van der Waals surface area contributed by atoms with Crippen LogP contribution in [0.4, 0.5) is 5.69 Å². The number of aliphatic hydroxyl groups excluding tert-OH is 1. The minimum Gasteiger partial charge on any atom is -0.488 e. The van der Waals surface area contributed by atoms with Crippen LogP contribution >= 0.6 is 0 Å². The van der Waals surface area contributed by atoms with E-state index in [1.165, 1.54) is 0 Å². The number of carbonyl (C=O) groups is 1. The van der Waals surface area contributed by atoms with E-state index in [2.05, 4.69) is 4.72 Å². The molecule has 2 aromatic rings. The molecule has 2 aromatic carbocycles. The predicted octanol–water partition coefficient (Wildman–Crippen LogP) is 2.51. The zero-order valence-corrected chi connectivity index (χ0v) is 21.3. The number of rotatable bonds is 7. The van der Waals surface area contributed by atoms with Crippen molar-refractivity contribution >= 4 is 21.6 Å². The molecule has 1 heterocycles. The van der Waals surface area contributed by atoms with E-state index in [4.69, 9.17) is 4.74 Å². The third kappa shape index (κ3) is 6.28. The van der Waals surface area contributed by atoms with Crippen molar-refractivity contribution in [3.05, 3.63) is 53.6 Å². The number of amides is 1. The van der Waals surface area contributed by atoms with Gasteiger partial charge in [0.15, 0.2) is 0 Å². The van der Waals surface area contributed by atoms with Crippen LogP contribution in [0.3, 0.4) is 0 Å². The summed E-state index contributed by atoms with van der Waals surface area (Å²) in [5.41, 5.74) is 1.92. The van der Waals surface area contributed by atoms with Gasteiger partial charge >= 0.3 is 0 Å². The number of nitrogens with one attached hydrogen (secondary N) is 1. The van der Waals surface area contributed by atoms with Crippen molar-refractivity contribution in [3.8, 4) is 5.75 Å². The van der Waals surface area contributed by atoms with Crippen LogP contribution in [0.5, 0.6) is 5.75 Å². The average Bonchev–Trinajstić information content (AvgIpc) is 2.81. The zero-order valence-electron chi connectivity index (χ0n) is 20.5. The van der Waals surface area contributed by atoms with E-state index >= 15 is 0 Å². The molecule has 1 aliphatic heterocycles. The van der Waals surface area contributed by atoms with Gasteiger partial charge in [0.05, 0.1) is 24.0 Å². The van der Waals surface area contributed by atoms with Gasteiger partial charge in [0.25, 0.3) is 10.0 Å². The van der Waals surface area contributed by atoms with Crippen molar-refractivity contribution in [2.75, 3.05) is 38.5 Å². The molecule has 3 rings (SSSR count). The second kappa shape index (κ2) is 10.8. The molecule has 1 aliphatic rings. The highest BCUT2D eigenvalue weighted by molar-refractivity contribution is 7.92. The Morgan fingerprint density at radius 2 is 1.88 bits per heavy atom. The molecule has 8 nitrogen and oxygen atoms in total. The Bertz CT molecular complexity index is 1100. The number of hydrogen-bond donors (Lipinski definition) is 2. The van der Waals surface area contributed by atoms with Crippen LogP contribution in [0.2, 0.25) is 0 Å². The Morgan fingerprint density at radius 1 is 1.21 bits per heavy atom. The normalized spacial score (nSPS) is 20.1. The van der Waals surface area contributed by atoms with Crippen molar-refractivity contribution in [1.29, 1.82) is 0 Å². The molecule has 0 saturated heterocycles. The summed E-state index contributed by atoms with van der Waals surface area (Å²) in [6, 6.07) is 11.3. The van der Waals surface area contributed by atoms with Gasteiger partial charge in [0.1, 0.15) is 11.9 Å². The van der Waals surface area contributed by atoms with Crippen LogP contribution in [0, 0.1) is 12.8 Å². The summed E-state index contributed by atoms with van der Waals surface area (Å²) in [5, 5.41) is 9.72. The summed E-state index contributed by atoms with van der Waals surface area (Å²) in [4.78, 5) is 17.1. The highest BCUT2D eigenvalue weighted by Crippen LogP contribution is 2.30. The summed E-state index contributed by atoms with van der Waals surface area (Å²) in [7, 11) is 0.145. The highest BCUT2D eigenvalue weighted by Gasteiger charge is 2.31. The van der Waals surface area contributed by atoms with E-state index in [9.17, 15) is 18.3 Å². The number of nitrogens with zero attached hydrogens (tertiary/aromatic N) is 2. The molecule has 9 heteroatoms. The number of aliphatic hydroxyl groups is 1. The predicted molar refractivity (Wildman–Crippen MR) is 133 cm³/mol. The molecule has 0 spiro atoms. The monoisotopic (exact) mass is 489 g/mol. The Hall–Kier alpha value is -2.62. The fourth-order valence-electron chi connectivity index (χ4n) is 4.00. The van der Waals surface area contributed by atoms with Gasteiger partial charge < -0.3 is 19.6 Å². The third-order valence-electron chi connectivity index (χ3n) is 6.05. The number of ether oxygens (including phenoxy) is 1. The number of aryl methyl sites for hydroxylation is 1. The summed E-state index contributed by atoms with van der Waals surface area (Å²) in [6.45, 7) is 6.72. The van der Waals surface area contributed by atoms with Gasteiger partial charge in [-0.2, -0.15) is 0 Å². The number of sulfonamides is 1. The minimum atomic E-state index is -3.78. The zero-order chi connectivity index (χ0) is 25.0. The van der Waals surface area contributed by atoms with E-state index in [1.54, 1.807) is 47.4 Å². The molecule has 34 heavy (non-hydrogen) atoms. The van der Waals surface area contributed by atoms with Crippen LogP contribution in [0.1, 0.15) is 25.0 Å². The standard InChI is InChI=1S/C25H35N3O5S/c1-17-6-9-22(10-7-17)34(31,32)26-21-8-11-23-20(12-21)13-25(30)28(19(3)16-29)14-18(2)24(33-23)15-27(4)5/h6-12,18-19,24,26,29H,13-16H2,1-5H3/t18-,19+,24-/m1/s1. The fraction of sp³-hybridized carbons (Fsp3) is 0.480. The van der Waals surface area contributed by atoms with Gasteiger partial charge in [-0.25, -0.2) is 8.42 Å². The second-order valence-corrected chi connectivity index (χ2v) is 11.1. The van der Waals surface area contributed by atoms with Crippen LogP contribution in [0.15, 0.2) is 47.4 Å². The first kappa shape index (κ1) is 26.0. The summed E-state index contributed by atoms with van der Waals surface area (Å²) in [5.74, 6) is 0.442. The van der Waals surface area contributed by atoms with E-state index in [0.717, 1.165) is 5.56 Å². The molecule has 0 bridgehead atoms. The van der Waals surface area contributed by atoms with Gasteiger partial charge in [-0.1, -0.05) is 24.6 Å². The van der Waals surface area contributed by atoms with E-state index in [1.807, 2.05) is 39.8 Å². The number of fused-ring (bicyclic) bond motifs is 1. The van der Waals surface area contributed by atoms with Crippen LogP contribution in [-0.2, 0) is 21.2 Å². The quantitative estimate of drug-likeness (QED) is 0.620. The molecule has 0 unspecified atom stereocenters. The van der Waals surface area contributed by atoms with Crippen LogP contribution < -0.4 is 9.46 Å². The number of anilines is 1. The molecule has 1 amide bonds. The van der Waals surface area contributed by atoms with E-state index in [0.29, 0.717) is 30.1 Å². The molecule has 2 N–H and O–H groups in total. The van der Waals surface area contributed by atoms with Gasteiger partial charge in [-0.15, -0.1) is 0 Å². The number of benzene rings is 2. The topological polar surface area (TPSA) is 99.2 Å². The first-order valence-electron chi connectivity index (χ1n) is 11.4. The van der Waals surface area contributed by atoms with Crippen molar-refractivity contribution in [2.45, 2.75) is 44.2 Å². The maximum absolute atomic E-state index is 13.2. The molecular formula is C25H35N3O5S. The molecule has 0 radical (unpaired) electrons. The average molecular weight is 490 g/mol. The van der Waals surface area contributed by atoms with Crippen LogP contribution in [-0.4, -0.2) is 75.2 Å². The molecule has 0 aliphatic carbocycles. The Morgan fingerprint density at radius 3 is 2.50 bits per heavy atom. The van der Waals surface area contributed by atoms with Crippen molar-refractivity contribution in [1.82, 2.24) is 9.80 Å². The lowest BCUT2D eigenvalue weighted by Gasteiger charge is -2.33. The Balaban J connectivity index is 1.97. The first-order valence-corrected chi connectivity index (χ1v) is 12.9. The van der Waals surface area contributed by atoms with Gasteiger partial charge in [-0.05, 0) is 58.3 Å². The maximum atomic E-state index is 13.2. The van der Waals surface area contributed by atoms with E-state index in [-0.39, 0.29) is 41.9 Å². The van der Waals surface area contributed by atoms with Crippen molar-refractivity contribution < 1.29 is 23.1 Å². The lowest BCUT2D eigenvalue weighted by Crippen LogP contribution is -2.47. The Kier molecular flexibility index (Phi) is 8.22. The highest BCUT2D eigenvalue weighted by atomic mass is 32.2. The van der Waals surface area contributed by atoms with Crippen molar-refractivity contribution in [2.24, 2.45) is 5.92 Å². The molecular weight excluding hydrogens is 454 g/mol.